The lowest BCUT2D eigenvalue weighted by molar-refractivity contribution is -0.0851. The van der Waals surface area contributed by atoms with E-state index < -0.39 is 11.2 Å². The Hall–Kier alpha value is -1.99. The van der Waals surface area contributed by atoms with E-state index in [2.05, 4.69) is 11.8 Å². The monoisotopic (exact) mass is 287 g/mol. The van der Waals surface area contributed by atoms with Gasteiger partial charge in [-0.1, -0.05) is 30.0 Å². The minimum Gasteiger partial charge on any atom is -0.444 e. The molecular formula is C17H21NO3. The van der Waals surface area contributed by atoms with Crippen LogP contribution in [0.25, 0.3) is 0 Å². The smallest absolute Gasteiger partial charge is 0.410 e. The largest absolute Gasteiger partial charge is 0.444 e. The highest BCUT2D eigenvalue weighted by atomic mass is 16.6. The molecule has 1 aromatic rings. The first kappa shape index (κ1) is 15.4. The van der Waals surface area contributed by atoms with Gasteiger partial charge in [0, 0.05) is 12.7 Å². The molecule has 1 aromatic carbocycles. The maximum absolute atomic E-state index is 11.9. The first-order chi connectivity index (χ1) is 9.84. The third-order valence-electron chi connectivity index (χ3n) is 3.14. The van der Waals surface area contributed by atoms with Gasteiger partial charge in [-0.25, -0.2) is 4.79 Å². The van der Waals surface area contributed by atoms with E-state index in [9.17, 15) is 4.79 Å². The second-order valence-corrected chi connectivity index (χ2v) is 6.15. The second-order valence-electron chi connectivity index (χ2n) is 6.15. The van der Waals surface area contributed by atoms with Crippen LogP contribution in [0, 0.1) is 11.8 Å². The van der Waals surface area contributed by atoms with Crippen LogP contribution in [-0.2, 0) is 9.47 Å². The van der Waals surface area contributed by atoms with E-state index in [1.165, 1.54) is 0 Å². The molecule has 0 aromatic heterocycles. The Labute approximate surface area is 126 Å². The van der Waals surface area contributed by atoms with Crippen LogP contribution >= 0.6 is 0 Å². The van der Waals surface area contributed by atoms with Gasteiger partial charge in [-0.15, -0.1) is 0 Å². The van der Waals surface area contributed by atoms with Crippen LogP contribution in [0.3, 0.4) is 0 Å². The Morgan fingerprint density at radius 1 is 1.24 bits per heavy atom. The Balaban J connectivity index is 1.98. The molecule has 2 rings (SSSR count). The molecule has 0 atom stereocenters. The Bertz CT molecular complexity index is 557. The van der Waals surface area contributed by atoms with Gasteiger partial charge in [-0.3, -0.25) is 0 Å². The highest BCUT2D eigenvalue weighted by Gasteiger charge is 2.46. The van der Waals surface area contributed by atoms with Gasteiger partial charge in [0.1, 0.15) is 5.60 Å². The van der Waals surface area contributed by atoms with Crippen molar-refractivity contribution in [3.8, 4) is 11.8 Å². The topological polar surface area (TPSA) is 38.8 Å². The summed E-state index contributed by atoms with van der Waals surface area (Å²) in [5.41, 5.74) is -0.144. The maximum Gasteiger partial charge on any atom is 0.410 e. The number of carbonyl (C=O) groups excluding carboxylic acids is 1. The van der Waals surface area contributed by atoms with E-state index >= 15 is 0 Å². The molecule has 4 heteroatoms. The summed E-state index contributed by atoms with van der Waals surface area (Å²) < 4.78 is 10.8. The molecule has 0 spiro atoms. The average Bonchev–Trinajstić information content (AvgIpc) is 2.37. The van der Waals surface area contributed by atoms with Crippen molar-refractivity contribution in [2.45, 2.75) is 32.0 Å². The quantitative estimate of drug-likeness (QED) is 0.745. The standard InChI is InChI=1S/C17H21NO3/c1-16(2,3)21-15(19)18-12-17(13-18,20-4)11-10-14-8-6-5-7-9-14/h5-9H,12-13H2,1-4H3. The molecule has 112 valence electrons. The number of hydrogen-bond acceptors (Lipinski definition) is 3. The van der Waals surface area contributed by atoms with Crippen LogP contribution in [0.2, 0.25) is 0 Å². The normalized spacial score (nSPS) is 16.5. The lowest BCUT2D eigenvalue weighted by Gasteiger charge is -2.45. The fraction of sp³-hybridized carbons (Fsp3) is 0.471. The maximum atomic E-state index is 11.9. The number of amides is 1. The van der Waals surface area contributed by atoms with E-state index in [4.69, 9.17) is 9.47 Å². The van der Waals surface area contributed by atoms with Crippen LogP contribution in [0.15, 0.2) is 30.3 Å². The molecular weight excluding hydrogens is 266 g/mol. The minimum absolute atomic E-state index is 0.323. The molecule has 0 saturated carbocycles. The predicted octanol–water partition coefficient (Wildman–Crippen LogP) is 2.67. The lowest BCUT2D eigenvalue weighted by atomic mass is 9.94. The fourth-order valence-electron chi connectivity index (χ4n) is 1.99. The fourth-order valence-corrected chi connectivity index (χ4v) is 1.99. The van der Waals surface area contributed by atoms with Crippen molar-refractivity contribution in [3.05, 3.63) is 35.9 Å². The van der Waals surface area contributed by atoms with Crippen molar-refractivity contribution in [1.29, 1.82) is 0 Å². The summed E-state index contributed by atoms with van der Waals surface area (Å²) >= 11 is 0. The molecule has 0 unspecified atom stereocenters. The van der Waals surface area contributed by atoms with E-state index in [1.807, 2.05) is 51.1 Å². The van der Waals surface area contributed by atoms with E-state index in [0.717, 1.165) is 5.56 Å². The molecule has 1 heterocycles. The second kappa shape index (κ2) is 5.79. The van der Waals surface area contributed by atoms with E-state index in [1.54, 1.807) is 12.0 Å². The highest BCUT2D eigenvalue weighted by molar-refractivity contribution is 5.70. The molecule has 1 aliphatic heterocycles. The van der Waals surface area contributed by atoms with Gasteiger partial charge in [-0.05, 0) is 32.9 Å². The number of rotatable bonds is 1. The van der Waals surface area contributed by atoms with Gasteiger partial charge in [0.25, 0.3) is 0 Å². The van der Waals surface area contributed by atoms with Crippen molar-refractivity contribution < 1.29 is 14.3 Å². The molecule has 1 aliphatic rings. The first-order valence-electron chi connectivity index (χ1n) is 6.95. The number of nitrogens with zero attached hydrogens (tertiary/aromatic N) is 1. The Kier molecular flexibility index (Phi) is 4.24. The zero-order valence-corrected chi connectivity index (χ0v) is 13.0. The van der Waals surface area contributed by atoms with Gasteiger partial charge in [-0.2, -0.15) is 0 Å². The summed E-state index contributed by atoms with van der Waals surface area (Å²) in [5.74, 6) is 6.22. The first-order valence-corrected chi connectivity index (χ1v) is 6.95. The SMILES string of the molecule is COC1(C#Cc2ccccc2)CN(C(=O)OC(C)(C)C)C1. The summed E-state index contributed by atoms with van der Waals surface area (Å²) in [6, 6.07) is 9.72. The molecule has 0 radical (unpaired) electrons. The van der Waals surface area contributed by atoms with Crippen molar-refractivity contribution in [2.75, 3.05) is 20.2 Å². The number of benzene rings is 1. The van der Waals surface area contributed by atoms with Crippen LogP contribution in [-0.4, -0.2) is 42.4 Å². The van der Waals surface area contributed by atoms with Gasteiger partial charge in [0.2, 0.25) is 0 Å². The molecule has 0 bridgehead atoms. The van der Waals surface area contributed by atoms with Crippen molar-refractivity contribution in [2.24, 2.45) is 0 Å². The average molecular weight is 287 g/mol. The zero-order valence-electron chi connectivity index (χ0n) is 13.0. The van der Waals surface area contributed by atoms with Crippen molar-refractivity contribution in [3.63, 3.8) is 0 Å². The summed E-state index contributed by atoms with van der Waals surface area (Å²) in [6.07, 6.45) is -0.323. The van der Waals surface area contributed by atoms with Gasteiger partial charge in [0.15, 0.2) is 5.60 Å². The van der Waals surface area contributed by atoms with Crippen LogP contribution in [0.5, 0.6) is 0 Å². The van der Waals surface area contributed by atoms with Gasteiger partial charge in [0.05, 0.1) is 13.1 Å². The Morgan fingerprint density at radius 2 is 1.86 bits per heavy atom. The molecule has 1 amide bonds. The highest BCUT2D eigenvalue weighted by Crippen LogP contribution is 2.26. The van der Waals surface area contributed by atoms with Crippen molar-refractivity contribution in [1.82, 2.24) is 4.90 Å². The molecule has 0 N–H and O–H groups in total. The van der Waals surface area contributed by atoms with Crippen LogP contribution in [0.1, 0.15) is 26.3 Å². The molecule has 21 heavy (non-hydrogen) atoms. The molecule has 1 saturated heterocycles. The van der Waals surface area contributed by atoms with E-state index in [-0.39, 0.29) is 6.09 Å². The summed E-state index contributed by atoms with van der Waals surface area (Å²) in [7, 11) is 1.62. The number of likely N-dealkylation sites (tertiary alicyclic amines) is 1. The Morgan fingerprint density at radius 3 is 2.38 bits per heavy atom. The molecule has 0 aliphatic carbocycles. The summed E-state index contributed by atoms with van der Waals surface area (Å²) in [4.78, 5) is 13.5. The number of hydrogen-bond donors (Lipinski definition) is 0. The third kappa shape index (κ3) is 3.99. The third-order valence-corrected chi connectivity index (χ3v) is 3.14. The lowest BCUT2D eigenvalue weighted by Crippen LogP contribution is -2.64. The number of carbonyl (C=O) groups is 1. The van der Waals surface area contributed by atoms with Crippen molar-refractivity contribution >= 4 is 6.09 Å². The number of ether oxygens (including phenoxy) is 2. The minimum atomic E-state index is -0.591. The van der Waals surface area contributed by atoms with Crippen LogP contribution < -0.4 is 0 Å². The van der Waals surface area contributed by atoms with Gasteiger partial charge >= 0.3 is 6.09 Å². The predicted molar refractivity (Wildman–Crippen MR) is 80.9 cm³/mol. The molecule has 1 fully saturated rings. The summed E-state index contributed by atoms with van der Waals surface area (Å²) in [6.45, 7) is 6.41. The van der Waals surface area contributed by atoms with Gasteiger partial charge < -0.3 is 14.4 Å². The number of methoxy groups -OCH3 is 1. The van der Waals surface area contributed by atoms with E-state index in [0.29, 0.717) is 13.1 Å². The zero-order chi connectivity index (χ0) is 15.5. The summed E-state index contributed by atoms with van der Waals surface area (Å²) in [5, 5.41) is 0. The van der Waals surface area contributed by atoms with Crippen LogP contribution in [0.4, 0.5) is 4.79 Å². The molecule has 4 nitrogen and oxygen atoms in total.